The van der Waals surface area contributed by atoms with Crippen LogP contribution in [0.5, 0.6) is 0 Å². The first-order chi connectivity index (χ1) is 9.67. The summed E-state index contributed by atoms with van der Waals surface area (Å²) in [5, 5.41) is 4.39. The molecule has 20 heavy (non-hydrogen) atoms. The van der Waals surface area contributed by atoms with Crippen molar-refractivity contribution < 1.29 is 9.53 Å². The van der Waals surface area contributed by atoms with Crippen molar-refractivity contribution in [2.45, 2.75) is 26.8 Å². The third kappa shape index (κ3) is 3.10. The third-order valence-electron chi connectivity index (χ3n) is 2.98. The number of halogens is 1. The van der Waals surface area contributed by atoms with Crippen molar-refractivity contribution in [1.82, 2.24) is 9.78 Å². The highest BCUT2D eigenvalue weighted by molar-refractivity contribution is 9.10. The summed E-state index contributed by atoms with van der Waals surface area (Å²) in [4.78, 5) is 11.9. The normalized spacial score (nSPS) is 10.6. The van der Waals surface area contributed by atoms with Gasteiger partial charge in [-0.25, -0.2) is 4.79 Å². The van der Waals surface area contributed by atoms with Gasteiger partial charge in [0.25, 0.3) is 0 Å². The van der Waals surface area contributed by atoms with Crippen LogP contribution >= 0.6 is 15.9 Å². The molecule has 5 heteroatoms. The number of hydrogen-bond acceptors (Lipinski definition) is 3. The highest BCUT2D eigenvalue weighted by Crippen LogP contribution is 2.23. The number of carbonyl (C=O) groups is 1. The third-order valence-corrected chi connectivity index (χ3v) is 3.87. The summed E-state index contributed by atoms with van der Waals surface area (Å²) in [6.45, 7) is 4.76. The van der Waals surface area contributed by atoms with Crippen LogP contribution in [-0.2, 0) is 17.7 Å². The van der Waals surface area contributed by atoms with Gasteiger partial charge in [0.15, 0.2) is 5.69 Å². The zero-order valence-corrected chi connectivity index (χ0v) is 13.2. The van der Waals surface area contributed by atoms with Crippen LogP contribution in [0.1, 0.15) is 35.5 Å². The second-order valence-corrected chi connectivity index (χ2v) is 5.09. The SMILES string of the molecule is CCOC(=O)c1nn(Cc2ccccc2)c(Br)c1CC. The van der Waals surface area contributed by atoms with Crippen LogP contribution in [0, 0.1) is 0 Å². The fraction of sp³-hybridized carbons (Fsp3) is 0.333. The van der Waals surface area contributed by atoms with Crippen molar-refractivity contribution in [2.24, 2.45) is 0 Å². The predicted molar refractivity (Wildman–Crippen MR) is 80.8 cm³/mol. The molecule has 1 aromatic carbocycles. The average Bonchev–Trinajstić information content (AvgIpc) is 2.77. The van der Waals surface area contributed by atoms with E-state index >= 15 is 0 Å². The molecule has 0 amide bonds. The summed E-state index contributed by atoms with van der Waals surface area (Å²) in [6, 6.07) is 10.0. The molecule has 2 rings (SSSR count). The molecule has 0 saturated heterocycles. The lowest BCUT2D eigenvalue weighted by Gasteiger charge is -2.03. The molecule has 0 atom stereocenters. The van der Waals surface area contributed by atoms with E-state index in [0.717, 1.165) is 22.2 Å². The summed E-state index contributed by atoms with van der Waals surface area (Å²) < 4.78 is 7.69. The van der Waals surface area contributed by atoms with Gasteiger partial charge in [-0.05, 0) is 34.8 Å². The van der Waals surface area contributed by atoms with Gasteiger partial charge < -0.3 is 4.74 Å². The van der Waals surface area contributed by atoms with E-state index in [1.165, 1.54) is 0 Å². The minimum absolute atomic E-state index is 0.352. The number of esters is 1. The van der Waals surface area contributed by atoms with Crippen LogP contribution in [-0.4, -0.2) is 22.4 Å². The topological polar surface area (TPSA) is 44.1 Å². The van der Waals surface area contributed by atoms with Gasteiger partial charge in [-0.3, -0.25) is 4.68 Å². The number of ether oxygens (including phenoxy) is 1. The van der Waals surface area contributed by atoms with Crippen molar-refractivity contribution in [3.05, 3.63) is 51.8 Å². The number of rotatable bonds is 5. The summed E-state index contributed by atoms with van der Waals surface area (Å²) >= 11 is 3.53. The van der Waals surface area contributed by atoms with Gasteiger partial charge in [-0.15, -0.1) is 0 Å². The summed E-state index contributed by atoms with van der Waals surface area (Å²) in [5.74, 6) is -0.364. The van der Waals surface area contributed by atoms with Crippen LogP contribution in [0.15, 0.2) is 34.9 Å². The van der Waals surface area contributed by atoms with Crippen molar-refractivity contribution in [1.29, 1.82) is 0 Å². The van der Waals surface area contributed by atoms with E-state index < -0.39 is 0 Å². The molecule has 0 bridgehead atoms. The molecule has 0 N–H and O–H groups in total. The Kier molecular flexibility index (Phi) is 4.95. The zero-order valence-electron chi connectivity index (χ0n) is 11.6. The first kappa shape index (κ1) is 14.8. The second-order valence-electron chi connectivity index (χ2n) is 4.34. The van der Waals surface area contributed by atoms with E-state index in [-0.39, 0.29) is 5.97 Å². The molecule has 0 unspecified atom stereocenters. The molecule has 0 spiro atoms. The molecule has 0 aliphatic carbocycles. The van der Waals surface area contributed by atoms with E-state index in [1.807, 2.05) is 37.3 Å². The Bertz CT molecular complexity index is 593. The fourth-order valence-corrected chi connectivity index (χ4v) is 2.69. The standard InChI is InChI=1S/C15H17BrN2O2/c1-3-12-13(15(19)20-4-2)17-18(14(12)16)10-11-8-6-5-7-9-11/h5-9H,3-4,10H2,1-2H3. The van der Waals surface area contributed by atoms with Gasteiger partial charge >= 0.3 is 5.97 Å². The van der Waals surface area contributed by atoms with Gasteiger partial charge in [-0.2, -0.15) is 5.10 Å². The molecule has 0 aliphatic heterocycles. The molecule has 0 saturated carbocycles. The van der Waals surface area contributed by atoms with Crippen molar-refractivity contribution >= 4 is 21.9 Å². The minimum Gasteiger partial charge on any atom is -0.461 e. The van der Waals surface area contributed by atoms with Crippen LogP contribution in [0.2, 0.25) is 0 Å². The molecule has 2 aromatic rings. The number of carbonyl (C=O) groups excluding carboxylic acids is 1. The Labute approximate surface area is 126 Å². The Hall–Kier alpha value is -1.62. The summed E-state index contributed by atoms with van der Waals surface area (Å²) in [6.07, 6.45) is 0.726. The van der Waals surface area contributed by atoms with Gasteiger partial charge in [-0.1, -0.05) is 37.3 Å². The van der Waals surface area contributed by atoms with E-state index in [1.54, 1.807) is 11.6 Å². The number of aromatic nitrogens is 2. The van der Waals surface area contributed by atoms with Gasteiger partial charge in [0, 0.05) is 5.56 Å². The van der Waals surface area contributed by atoms with Crippen molar-refractivity contribution in [3.63, 3.8) is 0 Å². The van der Waals surface area contributed by atoms with Gasteiger partial charge in [0.05, 0.1) is 13.2 Å². The van der Waals surface area contributed by atoms with Crippen molar-refractivity contribution in [3.8, 4) is 0 Å². The van der Waals surface area contributed by atoms with Gasteiger partial charge in [0.2, 0.25) is 0 Å². The molecule has 0 radical (unpaired) electrons. The average molecular weight is 337 g/mol. The minimum atomic E-state index is -0.364. The molecular formula is C15H17BrN2O2. The molecule has 1 heterocycles. The number of benzene rings is 1. The Morgan fingerprint density at radius 2 is 2.00 bits per heavy atom. The van der Waals surface area contributed by atoms with Crippen LogP contribution in [0.3, 0.4) is 0 Å². The molecular weight excluding hydrogens is 320 g/mol. The van der Waals surface area contributed by atoms with Crippen LogP contribution < -0.4 is 0 Å². The number of hydrogen-bond donors (Lipinski definition) is 0. The lowest BCUT2D eigenvalue weighted by Crippen LogP contribution is -2.09. The smallest absolute Gasteiger partial charge is 0.359 e. The van der Waals surface area contributed by atoms with E-state index in [4.69, 9.17) is 4.74 Å². The van der Waals surface area contributed by atoms with E-state index in [9.17, 15) is 4.79 Å². The lowest BCUT2D eigenvalue weighted by molar-refractivity contribution is 0.0517. The molecule has 1 aromatic heterocycles. The van der Waals surface area contributed by atoms with Crippen molar-refractivity contribution in [2.75, 3.05) is 6.61 Å². The monoisotopic (exact) mass is 336 g/mol. The van der Waals surface area contributed by atoms with E-state index in [0.29, 0.717) is 18.8 Å². The maximum absolute atomic E-state index is 11.9. The van der Waals surface area contributed by atoms with Crippen LogP contribution in [0.4, 0.5) is 0 Å². The maximum atomic E-state index is 11.9. The van der Waals surface area contributed by atoms with Crippen LogP contribution in [0.25, 0.3) is 0 Å². The molecule has 106 valence electrons. The second kappa shape index (κ2) is 6.70. The zero-order chi connectivity index (χ0) is 14.5. The largest absolute Gasteiger partial charge is 0.461 e. The predicted octanol–water partition coefficient (Wildman–Crippen LogP) is 3.43. The Balaban J connectivity index is 2.33. The summed E-state index contributed by atoms with van der Waals surface area (Å²) in [7, 11) is 0. The Morgan fingerprint density at radius 3 is 2.60 bits per heavy atom. The first-order valence-corrected chi connectivity index (χ1v) is 7.42. The van der Waals surface area contributed by atoms with Gasteiger partial charge in [0.1, 0.15) is 4.60 Å². The summed E-state index contributed by atoms with van der Waals surface area (Å²) in [5.41, 5.74) is 2.42. The maximum Gasteiger partial charge on any atom is 0.359 e. The highest BCUT2D eigenvalue weighted by atomic mass is 79.9. The van der Waals surface area contributed by atoms with E-state index in [2.05, 4.69) is 21.0 Å². The number of nitrogens with zero attached hydrogens (tertiary/aromatic N) is 2. The molecule has 0 fully saturated rings. The Morgan fingerprint density at radius 1 is 1.30 bits per heavy atom. The molecule has 4 nitrogen and oxygen atoms in total. The quantitative estimate of drug-likeness (QED) is 0.785. The molecule has 0 aliphatic rings. The first-order valence-electron chi connectivity index (χ1n) is 6.63. The lowest BCUT2D eigenvalue weighted by atomic mass is 10.2. The fourth-order valence-electron chi connectivity index (χ4n) is 2.02. The highest BCUT2D eigenvalue weighted by Gasteiger charge is 2.21.